The van der Waals surface area contributed by atoms with Crippen molar-refractivity contribution in [1.82, 2.24) is 9.88 Å². The Kier molecular flexibility index (Phi) is 8.77. The molecule has 2 aromatic carbocycles. The van der Waals surface area contributed by atoms with Crippen molar-refractivity contribution in [2.24, 2.45) is 0 Å². The Bertz CT molecular complexity index is 1440. The van der Waals surface area contributed by atoms with Crippen molar-refractivity contribution < 1.29 is 18.7 Å². The number of aliphatic hydroxyl groups is 1. The first-order valence-corrected chi connectivity index (χ1v) is 17.0. The fourth-order valence-electron chi connectivity index (χ4n) is 4.47. The zero-order valence-corrected chi connectivity index (χ0v) is 26.3. The molecule has 8 nitrogen and oxygen atoms in total. The van der Waals surface area contributed by atoms with Gasteiger partial charge in [-0.05, 0) is 73.9 Å². The number of likely N-dealkylation sites (N-methyl/N-ethyl adjacent to an activating group) is 1. The number of rotatable bonds is 9. The van der Waals surface area contributed by atoms with Crippen LogP contribution in [0.15, 0.2) is 42.6 Å². The Balaban J connectivity index is 1.63. The van der Waals surface area contributed by atoms with Gasteiger partial charge in [0.15, 0.2) is 0 Å². The van der Waals surface area contributed by atoms with Crippen molar-refractivity contribution in [2.45, 2.75) is 72.3 Å². The topological polar surface area (TPSA) is 98.8 Å². The minimum Gasteiger partial charge on any atom is -0.543 e. The monoisotopic (exact) mass is 579 g/mol. The van der Waals surface area contributed by atoms with Crippen molar-refractivity contribution in [2.75, 3.05) is 29.0 Å². The van der Waals surface area contributed by atoms with Crippen molar-refractivity contribution in [3.63, 3.8) is 0 Å². The molecule has 0 bridgehead atoms. The number of carbonyl (C=O) groups is 1. The third-order valence-electron chi connectivity index (χ3n) is 7.84. The van der Waals surface area contributed by atoms with Crippen LogP contribution in [0.5, 0.6) is 5.75 Å². The number of fused-ring (bicyclic) bond motifs is 2. The van der Waals surface area contributed by atoms with E-state index < -0.39 is 20.2 Å². The minimum absolute atomic E-state index is 0.0193. The fourth-order valence-corrected chi connectivity index (χ4v) is 5.55. The maximum absolute atomic E-state index is 15.2. The van der Waals surface area contributed by atoms with Crippen LogP contribution in [0.4, 0.5) is 33.0 Å². The van der Waals surface area contributed by atoms with E-state index in [4.69, 9.17) is 4.43 Å². The lowest BCUT2D eigenvalue weighted by molar-refractivity contribution is 0.102. The molecule has 4 N–H and O–H groups in total. The van der Waals surface area contributed by atoms with Crippen LogP contribution in [0.3, 0.4) is 0 Å². The van der Waals surface area contributed by atoms with Crippen molar-refractivity contribution in [1.29, 1.82) is 0 Å². The van der Waals surface area contributed by atoms with E-state index in [2.05, 4.69) is 59.7 Å². The SMILES string of the molecule is CCN(Cc1ccc2c(c1)NC(=O)c1c(Nc3cc(O[Si](C)(C)C(C)(C)C)c(C)cc3F)ccnc1N2)CC(C)O. The van der Waals surface area contributed by atoms with Crippen molar-refractivity contribution >= 4 is 42.8 Å². The van der Waals surface area contributed by atoms with Crippen molar-refractivity contribution in [3.05, 3.63) is 65.1 Å². The third kappa shape index (κ3) is 6.88. The maximum Gasteiger partial charge on any atom is 0.261 e. The predicted octanol–water partition coefficient (Wildman–Crippen LogP) is 7.17. The molecule has 0 radical (unpaired) electrons. The molecule has 1 aromatic heterocycles. The Hall–Kier alpha value is -3.47. The van der Waals surface area contributed by atoms with Crippen LogP contribution in [-0.4, -0.2) is 48.4 Å². The first kappa shape index (κ1) is 30.5. The zero-order valence-electron chi connectivity index (χ0n) is 25.3. The van der Waals surface area contributed by atoms with Gasteiger partial charge in [-0.2, -0.15) is 0 Å². The summed E-state index contributed by atoms with van der Waals surface area (Å²) in [6.07, 6.45) is 1.14. The number of hydrogen-bond donors (Lipinski definition) is 4. The molecule has 0 spiro atoms. The second-order valence-electron chi connectivity index (χ2n) is 12.3. The van der Waals surface area contributed by atoms with Crippen LogP contribution in [0.2, 0.25) is 18.1 Å². The lowest BCUT2D eigenvalue weighted by Gasteiger charge is -2.37. The first-order chi connectivity index (χ1) is 19.2. The van der Waals surface area contributed by atoms with E-state index >= 15 is 4.39 Å². The van der Waals surface area contributed by atoms with E-state index in [0.29, 0.717) is 47.3 Å². The average molecular weight is 580 g/mol. The summed E-state index contributed by atoms with van der Waals surface area (Å²) in [6, 6.07) is 10.6. The van der Waals surface area contributed by atoms with Crippen LogP contribution in [0, 0.1) is 12.7 Å². The molecule has 3 aromatic rings. The van der Waals surface area contributed by atoms with Gasteiger partial charge in [0.1, 0.15) is 22.9 Å². The van der Waals surface area contributed by atoms with Gasteiger partial charge in [0.05, 0.1) is 28.9 Å². The summed E-state index contributed by atoms with van der Waals surface area (Å²) in [7, 11) is -2.16. The molecule has 220 valence electrons. The lowest BCUT2D eigenvalue weighted by Crippen LogP contribution is -2.44. The van der Waals surface area contributed by atoms with Crippen LogP contribution in [0.25, 0.3) is 0 Å². The quantitative estimate of drug-likeness (QED) is 0.200. The van der Waals surface area contributed by atoms with Gasteiger partial charge in [-0.3, -0.25) is 9.69 Å². The largest absolute Gasteiger partial charge is 0.543 e. The summed E-state index contributed by atoms with van der Waals surface area (Å²) < 4.78 is 21.7. The molecular weight excluding hydrogens is 537 g/mol. The number of benzene rings is 2. The predicted molar refractivity (Wildman–Crippen MR) is 167 cm³/mol. The highest BCUT2D eigenvalue weighted by molar-refractivity contribution is 6.74. The van der Waals surface area contributed by atoms with Gasteiger partial charge in [0, 0.05) is 25.4 Å². The van der Waals surface area contributed by atoms with Gasteiger partial charge in [-0.15, -0.1) is 0 Å². The number of nitrogens with zero attached hydrogens (tertiary/aromatic N) is 2. The van der Waals surface area contributed by atoms with Gasteiger partial charge in [-0.1, -0.05) is 33.8 Å². The number of pyridine rings is 1. The number of halogens is 1. The smallest absolute Gasteiger partial charge is 0.261 e. The number of nitrogens with one attached hydrogen (secondary N) is 3. The molecule has 10 heteroatoms. The highest BCUT2D eigenvalue weighted by Crippen LogP contribution is 2.40. The Labute approximate surface area is 243 Å². The molecule has 0 aliphatic carbocycles. The van der Waals surface area contributed by atoms with E-state index in [-0.39, 0.29) is 22.2 Å². The fraction of sp³-hybridized carbons (Fsp3) is 0.419. The lowest BCUT2D eigenvalue weighted by atomic mass is 10.1. The summed E-state index contributed by atoms with van der Waals surface area (Å²) in [6.45, 7) is 18.4. The summed E-state index contributed by atoms with van der Waals surface area (Å²) in [5.74, 6) is 0.192. The van der Waals surface area contributed by atoms with E-state index in [1.54, 1.807) is 25.3 Å². The van der Waals surface area contributed by atoms with E-state index in [9.17, 15) is 9.90 Å². The van der Waals surface area contributed by atoms with Crippen LogP contribution in [0.1, 0.15) is 56.1 Å². The van der Waals surface area contributed by atoms with Gasteiger partial charge in [0.2, 0.25) is 8.32 Å². The van der Waals surface area contributed by atoms with E-state index in [0.717, 1.165) is 12.1 Å². The number of carbonyl (C=O) groups excluding carboxylic acids is 1. The zero-order chi connectivity index (χ0) is 30.1. The molecule has 41 heavy (non-hydrogen) atoms. The molecule has 1 amide bonds. The number of anilines is 5. The molecule has 4 rings (SSSR count). The highest BCUT2D eigenvalue weighted by atomic mass is 28.4. The van der Waals surface area contributed by atoms with Gasteiger partial charge < -0.3 is 25.5 Å². The van der Waals surface area contributed by atoms with E-state index in [1.807, 2.05) is 32.0 Å². The van der Waals surface area contributed by atoms with Crippen LogP contribution < -0.4 is 20.4 Å². The second kappa shape index (κ2) is 11.8. The first-order valence-electron chi connectivity index (χ1n) is 14.1. The Morgan fingerprint density at radius 2 is 1.85 bits per heavy atom. The molecule has 1 atom stereocenters. The normalized spacial score (nSPS) is 14.0. The second-order valence-corrected chi connectivity index (χ2v) is 17.0. The molecule has 0 saturated carbocycles. The molecular formula is C31H42FN5O3Si. The van der Waals surface area contributed by atoms with Gasteiger partial charge in [-0.25, -0.2) is 9.37 Å². The molecule has 0 fully saturated rings. The minimum atomic E-state index is -2.16. The third-order valence-corrected chi connectivity index (χ3v) is 12.2. The molecule has 2 heterocycles. The molecule has 0 saturated heterocycles. The van der Waals surface area contributed by atoms with Crippen LogP contribution >= 0.6 is 0 Å². The van der Waals surface area contributed by atoms with E-state index in [1.165, 1.54) is 6.07 Å². The number of aliphatic hydroxyl groups excluding tert-OH is 1. The Morgan fingerprint density at radius 3 is 2.51 bits per heavy atom. The molecule has 1 aliphatic heterocycles. The van der Waals surface area contributed by atoms with Crippen molar-refractivity contribution in [3.8, 4) is 5.75 Å². The Morgan fingerprint density at radius 1 is 1.12 bits per heavy atom. The summed E-state index contributed by atoms with van der Waals surface area (Å²) >= 11 is 0. The molecule has 1 unspecified atom stereocenters. The van der Waals surface area contributed by atoms with Gasteiger partial charge in [0.25, 0.3) is 5.91 Å². The summed E-state index contributed by atoms with van der Waals surface area (Å²) in [5, 5.41) is 19.2. The highest BCUT2D eigenvalue weighted by Gasteiger charge is 2.39. The standard InChI is InChI=1S/C31H42FN5O3Si/c1-9-37(17-20(3)38)18-21-10-11-23-26(15-21)36-30(39)28-24(12-13-33-29(28)35-23)34-25-16-27(19(2)14-22(25)32)40-41(7,8)31(4,5)6/h10-16,20,38H,9,17-18H2,1-8H3,(H,36,39)(H2,33,34,35). The maximum atomic E-state index is 15.2. The average Bonchev–Trinajstić information content (AvgIpc) is 3.01. The number of aromatic nitrogens is 1. The summed E-state index contributed by atoms with van der Waals surface area (Å²) in [5.41, 5.74) is 3.96. The number of amides is 1. The number of hydrogen-bond acceptors (Lipinski definition) is 7. The van der Waals surface area contributed by atoms with Crippen LogP contribution in [-0.2, 0) is 6.54 Å². The molecule has 1 aliphatic rings. The number of aryl methyl sites for hydroxylation is 1. The van der Waals surface area contributed by atoms with Gasteiger partial charge >= 0.3 is 0 Å². The summed E-state index contributed by atoms with van der Waals surface area (Å²) in [4.78, 5) is 20.1.